The van der Waals surface area contributed by atoms with Crippen molar-refractivity contribution in [2.24, 2.45) is 23.7 Å². The fraction of sp³-hybridized carbons (Fsp3) is 0.545. The Bertz CT molecular complexity index is 1370. The maximum Gasteiger partial charge on any atom is 0.227 e. The Kier molecular flexibility index (Phi) is 7.80. The molecular weight excluding hydrogens is 498 g/mol. The van der Waals surface area contributed by atoms with E-state index in [-0.39, 0.29) is 5.92 Å². The standard InChI is InChI=1S/C33H41N5O2/c1-23(17-26-9-12-32-31(18-26)35-24(2)40-32)20-36-21-27-5-3-4-6-29(27)30(22-36)33(39)38-15-13-37(14-16-38)28-10-7-25(19-34)8-11-28/h7-12,18,23,27,29-30H,3-6,13-17,20-22H2,1-2H3/t23-,27+,29-,30+/m0/s1. The highest BCUT2D eigenvalue weighted by Gasteiger charge is 2.43. The number of oxazole rings is 1. The van der Waals surface area contributed by atoms with Crippen molar-refractivity contribution in [1.82, 2.24) is 14.8 Å². The lowest BCUT2D eigenvalue weighted by Gasteiger charge is -2.48. The molecule has 2 aliphatic heterocycles. The summed E-state index contributed by atoms with van der Waals surface area (Å²) in [6.45, 7) is 10.5. The van der Waals surface area contributed by atoms with E-state index < -0.39 is 0 Å². The average Bonchev–Trinajstić information content (AvgIpc) is 3.35. The van der Waals surface area contributed by atoms with Crippen molar-refractivity contribution < 1.29 is 9.21 Å². The number of aromatic nitrogens is 1. The normalized spacial score (nSPS) is 24.5. The van der Waals surface area contributed by atoms with Gasteiger partial charge >= 0.3 is 0 Å². The molecule has 7 nitrogen and oxygen atoms in total. The third kappa shape index (κ3) is 5.74. The minimum Gasteiger partial charge on any atom is -0.441 e. The number of amides is 1. The van der Waals surface area contributed by atoms with Gasteiger partial charge in [-0.3, -0.25) is 4.79 Å². The third-order valence-electron chi connectivity index (χ3n) is 9.42. The van der Waals surface area contributed by atoms with Gasteiger partial charge in [-0.2, -0.15) is 5.26 Å². The van der Waals surface area contributed by atoms with Crippen LogP contribution in [0.3, 0.4) is 0 Å². The summed E-state index contributed by atoms with van der Waals surface area (Å²) in [4.78, 5) is 25.6. The molecular formula is C33H41N5O2. The molecule has 0 spiro atoms. The fourth-order valence-electron chi connectivity index (χ4n) is 7.51. The summed E-state index contributed by atoms with van der Waals surface area (Å²) in [5.74, 6) is 2.86. The number of benzene rings is 2. The van der Waals surface area contributed by atoms with Crippen LogP contribution in [0.2, 0.25) is 0 Å². The van der Waals surface area contributed by atoms with Crippen LogP contribution in [-0.4, -0.2) is 66.5 Å². The summed E-state index contributed by atoms with van der Waals surface area (Å²) in [5, 5.41) is 9.09. The second kappa shape index (κ2) is 11.6. The molecule has 6 rings (SSSR count). The molecule has 2 aromatic carbocycles. The maximum absolute atomic E-state index is 14.0. The molecule has 1 aromatic heterocycles. The Hall–Kier alpha value is -3.37. The zero-order valence-electron chi connectivity index (χ0n) is 23.9. The molecule has 1 amide bonds. The maximum atomic E-state index is 14.0. The molecule has 3 aromatic rings. The predicted molar refractivity (Wildman–Crippen MR) is 157 cm³/mol. The molecule has 3 heterocycles. The van der Waals surface area contributed by atoms with Gasteiger partial charge in [-0.15, -0.1) is 0 Å². The van der Waals surface area contributed by atoms with Gasteiger partial charge in [-0.05, 0) is 79.0 Å². The number of carbonyl (C=O) groups is 1. The molecule has 0 N–H and O–H groups in total. The lowest BCUT2D eigenvalue weighted by atomic mass is 9.69. The number of aryl methyl sites for hydroxylation is 1. The van der Waals surface area contributed by atoms with Crippen LogP contribution in [0.4, 0.5) is 5.69 Å². The smallest absolute Gasteiger partial charge is 0.227 e. The van der Waals surface area contributed by atoms with Gasteiger partial charge in [-0.1, -0.05) is 25.8 Å². The summed E-state index contributed by atoms with van der Waals surface area (Å²) >= 11 is 0. The highest BCUT2D eigenvalue weighted by molar-refractivity contribution is 5.80. The number of rotatable bonds is 6. The molecule has 7 heteroatoms. The Morgan fingerprint density at radius 1 is 1.07 bits per heavy atom. The van der Waals surface area contributed by atoms with E-state index in [1.165, 1.54) is 31.2 Å². The van der Waals surface area contributed by atoms with Crippen LogP contribution in [0.1, 0.15) is 49.6 Å². The number of likely N-dealkylation sites (tertiary alicyclic amines) is 1. The summed E-state index contributed by atoms with van der Waals surface area (Å²) in [5.41, 5.74) is 4.91. The van der Waals surface area contributed by atoms with Gasteiger partial charge in [0.1, 0.15) is 5.52 Å². The van der Waals surface area contributed by atoms with Crippen molar-refractivity contribution in [2.45, 2.75) is 46.0 Å². The van der Waals surface area contributed by atoms with Gasteiger partial charge in [0.25, 0.3) is 0 Å². The molecule has 210 valence electrons. The van der Waals surface area contributed by atoms with E-state index in [0.717, 1.165) is 69.0 Å². The number of piperazine rings is 1. The highest BCUT2D eigenvalue weighted by atomic mass is 16.3. The van der Waals surface area contributed by atoms with Crippen LogP contribution in [0.15, 0.2) is 46.9 Å². The second-order valence-electron chi connectivity index (χ2n) is 12.3. The van der Waals surface area contributed by atoms with Crippen LogP contribution in [-0.2, 0) is 11.2 Å². The van der Waals surface area contributed by atoms with Gasteiger partial charge in [0.2, 0.25) is 5.91 Å². The van der Waals surface area contributed by atoms with E-state index in [2.05, 4.69) is 44.8 Å². The van der Waals surface area contributed by atoms with E-state index in [4.69, 9.17) is 9.68 Å². The molecule has 4 atom stereocenters. The molecule has 1 aliphatic carbocycles. The fourth-order valence-corrected chi connectivity index (χ4v) is 7.51. The lowest BCUT2D eigenvalue weighted by Crippen LogP contribution is -2.57. The van der Waals surface area contributed by atoms with Gasteiger partial charge in [0.15, 0.2) is 11.5 Å². The summed E-state index contributed by atoms with van der Waals surface area (Å²) in [6, 6.07) is 16.4. The van der Waals surface area contributed by atoms with Crippen molar-refractivity contribution >= 4 is 22.7 Å². The van der Waals surface area contributed by atoms with Crippen molar-refractivity contribution in [1.29, 1.82) is 5.26 Å². The molecule has 0 radical (unpaired) electrons. The number of piperidine rings is 1. The topological polar surface area (TPSA) is 76.6 Å². The zero-order valence-corrected chi connectivity index (χ0v) is 23.9. The average molecular weight is 540 g/mol. The predicted octanol–water partition coefficient (Wildman–Crippen LogP) is 5.27. The van der Waals surface area contributed by atoms with Crippen molar-refractivity contribution in [3.05, 3.63) is 59.5 Å². The molecule has 40 heavy (non-hydrogen) atoms. The summed E-state index contributed by atoms with van der Waals surface area (Å²) in [7, 11) is 0. The Balaban J connectivity index is 1.08. The van der Waals surface area contributed by atoms with Gasteiger partial charge < -0.3 is 19.1 Å². The molecule has 3 fully saturated rings. The molecule has 1 saturated carbocycles. The SMILES string of the molecule is Cc1nc2cc(C[C@H](C)CN3C[C@H]4CCCC[C@@H]4[C@H](C(=O)N4CCN(c5ccc(C#N)cc5)CC4)C3)ccc2o1. The quantitative estimate of drug-likeness (QED) is 0.425. The molecule has 0 bridgehead atoms. The summed E-state index contributed by atoms with van der Waals surface area (Å²) in [6.07, 6.45) is 6.02. The Morgan fingerprint density at radius 2 is 1.85 bits per heavy atom. The third-order valence-corrected chi connectivity index (χ3v) is 9.42. The minimum absolute atomic E-state index is 0.113. The molecule has 0 unspecified atom stereocenters. The van der Waals surface area contributed by atoms with Gasteiger partial charge in [-0.25, -0.2) is 4.98 Å². The summed E-state index contributed by atoms with van der Waals surface area (Å²) < 4.78 is 5.65. The van der Waals surface area contributed by atoms with Crippen molar-refractivity contribution in [3.8, 4) is 6.07 Å². The number of nitrogens with zero attached hydrogens (tertiary/aromatic N) is 5. The minimum atomic E-state index is 0.113. The van der Waals surface area contributed by atoms with E-state index in [0.29, 0.717) is 35.1 Å². The van der Waals surface area contributed by atoms with Crippen LogP contribution in [0, 0.1) is 41.9 Å². The molecule has 2 saturated heterocycles. The highest BCUT2D eigenvalue weighted by Crippen LogP contribution is 2.40. The number of carbonyl (C=O) groups excluding carboxylic acids is 1. The molecule has 3 aliphatic rings. The van der Waals surface area contributed by atoms with Crippen LogP contribution in [0.5, 0.6) is 0 Å². The van der Waals surface area contributed by atoms with Gasteiger partial charge in [0, 0.05) is 58.4 Å². The van der Waals surface area contributed by atoms with Crippen LogP contribution in [0.25, 0.3) is 11.1 Å². The van der Waals surface area contributed by atoms with Crippen LogP contribution < -0.4 is 4.90 Å². The Morgan fingerprint density at radius 3 is 2.62 bits per heavy atom. The van der Waals surface area contributed by atoms with Gasteiger partial charge in [0.05, 0.1) is 17.6 Å². The number of hydrogen-bond donors (Lipinski definition) is 0. The first-order valence-electron chi connectivity index (χ1n) is 15.1. The van der Waals surface area contributed by atoms with Crippen molar-refractivity contribution in [2.75, 3.05) is 50.7 Å². The second-order valence-corrected chi connectivity index (χ2v) is 12.3. The lowest BCUT2D eigenvalue weighted by molar-refractivity contribution is -0.142. The Labute approximate surface area is 237 Å². The monoisotopic (exact) mass is 539 g/mol. The number of fused-ring (bicyclic) bond motifs is 2. The largest absolute Gasteiger partial charge is 0.441 e. The number of nitriles is 1. The zero-order chi connectivity index (χ0) is 27.6. The van der Waals surface area contributed by atoms with Crippen molar-refractivity contribution in [3.63, 3.8) is 0 Å². The first-order valence-corrected chi connectivity index (χ1v) is 15.1. The number of hydrogen-bond acceptors (Lipinski definition) is 6. The number of anilines is 1. The van der Waals surface area contributed by atoms with E-state index >= 15 is 0 Å². The van der Waals surface area contributed by atoms with E-state index in [1.54, 1.807) is 0 Å². The van der Waals surface area contributed by atoms with E-state index in [1.807, 2.05) is 37.3 Å². The van der Waals surface area contributed by atoms with E-state index in [9.17, 15) is 4.79 Å². The first-order chi connectivity index (χ1) is 19.5. The first kappa shape index (κ1) is 26.8. The van der Waals surface area contributed by atoms with Crippen LogP contribution >= 0.6 is 0 Å².